The van der Waals surface area contributed by atoms with Gasteiger partial charge < -0.3 is 15.6 Å². The van der Waals surface area contributed by atoms with E-state index in [1.807, 2.05) is 0 Å². The molecule has 0 heterocycles. The fourth-order valence-corrected chi connectivity index (χ4v) is 1.29. The number of esters is 1. The molecule has 0 spiro atoms. The Labute approximate surface area is 90.4 Å². The fraction of sp³-hybridized carbons (Fsp3) is 0.111. The van der Waals surface area contributed by atoms with Crippen LogP contribution in [-0.4, -0.2) is 24.2 Å². The third-order valence-corrected chi connectivity index (χ3v) is 2.22. The number of carbonyl (C=O) groups excluding carboxylic acids is 1. The van der Waals surface area contributed by atoms with E-state index in [4.69, 9.17) is 22.4 Å². The largest absolute Gasteiger partial charge is 0.478 e. The average molecular weight is 230 g/mol. The second-order valence-electron chi connectivity index (χ2n) is 2.69. The standard InChI is InChI=1S/C9H8ClNO4/c1-15-9(14)4-2-3-5(8(12)13)7(11)6(4)10/h2-3H,11H2,1H3,(H,12,13). The number of ether oxygens (including phenoxy) is 1. The first kappa shape index (κ1) is 11.3. The first-order chi connectivity index (χ1) is 6.99. The molecule has 0 atom stereocenters. The van der Waals surface area contributed by atoms with Crippen LogP contribution < -0.4 is 5.73 Å². The van der Waals surface area contributed by atoms with E-state index in [1.165, 1.54) is 19.2 Å². The summed E-state index contributed by atoms with van der Waals surface area (Å²) in [6, 6.07) is 2.46. The summed E-state index contributed by atoms with van der Waals surface area (Å²) >= 11 is 5.73. The van der Waals surface area contributed by atoms with Crippen molar-refractivity contribution in [1.29, 1.82) is 0 Å². The maximum atomic E-state index is 11.2. The summed E-state index contributed by atoms with van der Waals surface area (Å²) in [5.41, 5.74) is 5.21. The molecular weight excluding hydrogens is 222 g/mol. The number of carboxylic acid groups (broad SMARTS) is 1. The Hall–Kier alpha value is -1.75. The van der Waals surface area contributed by atoms with Gasteiger partial charge >= 0.3 is 11.9 Å². The molecule has 1 rings (SSSR count). The lowest BCUT2D eigenvalue weighted by molar-refractivity contribution is 0.0599. The topological polar surface area (TPSA) is 89.6 Å². The van der Waals surface area contributed by atoms with E-state index in [-0.39, 0.29) is 21.8 Å². The summed E-state index contributed by atoms with van der Waals surface area (Å²) in [5, 5.41) is 8.61. The zero-order valence-corrected chi connectivity index (χ0v) is 8.54. The van der Waals surface area contributed by atoms with Gasteiger partial charge in [0.2, 0.25) is 0 Å². The Balaban J connectivity index is 3.33. The highest BCUT2D eigenvalue weighted by Crippen LogP contribution is 2.27. The normalized spacial score (nSPS) is 9.73. The molecule has 1 aromatic rings. The van der Waals surface area contributed by atoms with Crippen LogP contribution in [0.5, 0.6) is 0 Å². The monoisotopic (exact) mass is 229 g/mol. The van der Waals surface area contributed by atoms with E-state index < -0.39 is 11.9 Å². The molecule has 0 unspecified atom stereocenters. The maximum Gasteiger partial charge on any atom is 0.339 e. The molecule has 3 N–H and O–H groups in total. The third kappa shape index (κ3) is 2.02. The molecule has 15 heavy (non-hydrogen) atoms. The molecule has 1 aromatic carbocycles. The molecule has 0 saturated carbocycles. The molecule has 0 aliphatic carbocycles. The summed E-state index contributed by atoms with van der Waals surface area (Å²) in [6.45, 7) is 0. The first-order valence-corrected chi connectivity index (χ1v) is 4.26. The fourth-order valence-electron chi connectivity index (χ4n) is 1.05. The molecular formula is C9H8ClNO4. The Kier molecular flexibility index (Phi) is 3.16. The van der Waals surface area contributed by atoms with Gasteiger partial charge in [-0.2, -0.15) is 0 Å². The molecule has 0 bridgehead atoms. The number of halogens is 1. The quantitative estimate of drug-likeness (QED) is 0.591. The van der Waals surface area contributed by atoms with Crippen molar-refractivity contribution in [2.45, 2.75) is 0 Å². The Bertz CT molecular complexity index is 430. The SMILES string of the molecule is COC(=O)c1ccc(C(=O)O)c(N)c1Cl. The van der Waals surface area contributed by atoms with Crippen molar-refractivity contribution >= 4 is 29.2 Å². The van der Waals surface area contributed by atoms with Crippen LogP contribution in [0.3, 0.4) is 0 Å². The molecule has 0 fully saturated rings. The van der Waals surface area contributed by atoms with E-state index in [0.717, 1.165) is 0 Å². The van der Waals surface area contributed by atoms with Crippen LogP contribution in [0, 0.1) is 0 Å². The maximum absolute atomic E-state index is 11.2. The summed E-state index contributed by atoms with van der Waals surface area (Å²) in [4.78, 5) is 21.8. The van der Waals surface area contributed by atoms with Gasteiger partial charge in [0.25, 0.3) is 0 Å². The molecule has 0 saturated heterocycles. The van der Waals surface area contributed by atoms with Gasteiger partial charge in [-0.3, -0.25) is 0 Å². The number of aromatic carboxylic acids is 1. The lowest BCUT2D eigenvalue weighted by Gasteiger charge is -2.07. The predicted octanol–water partition coefficient (Wildman–Crippen LogP) is 1.41. The average Bonchev–Trinajstić information content (AvgIpc) is 2.20. The Morgan fingerprint density at radius 1 is 1.40 bits per heavy atom. The van der Waals surface area contributed by atoms with Crippen LogP contribution >= 0.6 is 11.6 Å². The van der Waals surface area contributed by atoms with Crippen LogP contribution in [0.1, 0.15) is 20.7 Å². The van der Waals surface area contributed by atoms with Crippen molar-refractivity contribution in [3.8, 4) is 0 Å². The van der Waals surface area contributed by atoms with Gasteiger partial charge in [-0.25, -0.2) is 9.59 Å². The van der Waals surface area contributed by atoms with E-state index in [0.29, 0.717) is 0 Å². The summed E-state index contributed by atoms with van der Waals surface area (Å²) in [5.74, 6) is -1.87. The summed E-state index contributed by atoms with van der Waals surface area (Å²) in [7, 11) is 1.19. The van der Waals surface area contributed by atoms with Gasteiger partial charge in [0, 0.05) is 0 Å². The van der Waals surface area contributed by atoms with E-state index in [9.17, 15) is 9.59 Å². The van der Waals surface area contributed by atoms with E-state index in [1.54, 1.807) is 0 Å². The predicted molar refractivity (Wildman–Crippen MR) is 54.2 cm³/mol. The van der Waals surface area contributed by atoms with Crippen molar-refractivity contribution < 1.29 is 19.4 Å². The highest BCUT2D eigenvalue weighted by molar-refractivity contribution is 6.36. The molecule has 0 radical (unpaired) electrons. The van der Waals surface area contributed by atoms with Gasteiger partial charge in [0.15, 0.2) is 0 Å². The highest BCUT2D eigenvalue weighted by atomic mass is 35.5. The number of hydrogen-bond donors (Lipinski definition) is 2. The van der Waals surface area contributed by atoms with Crippen molar-refractivity contribution in [3.63, 3.8) is 0 Å². The molecule has 0 aromatic heterocycles. The smallest absolute Gasteiger partial charge is 0.339 e. The zero-order chi connectivity index (χ0) is 11.6. The molecule has 0 amide bonds. The van der Waals surface area contributed by atoms with Crippen LogP contribution in [0.25, 0.3) is 0 Å². The number of anilines is 1. The lowest BCUT2D eigenvalue weighted by Crippen LogP contribution is -2.08. The number of benzene rings is 1. The zero-order valence-electron chi connectivity index (χ0n) is 7.78. The van der Waals surface area contributed by atoms with Gasteiger partial charge in [-0.1, -0.05) is 11.6 Å². The van der Waals surface area contributed by atoms with Gasteiger partial charge in [0.1, 0.15) is 0 Å². The first-order valence-electron chi connectivity index (χ1n) is 3.88. The van der Waals surface area contributed by atoms with Crippen molar-refractivity contribution in [2.24, 2.45) is 0 Å². The lowest BCUT2D eigenvalue weighted by atomic mass is 10.1. The number of carboxylic acids is 1. The number of hydrogen-bond acceptors (Lipinski definition) is 4. The van der Waals surface area contributed by atoms with E-state index >= 15 is 0 Å². The molecule has 0 aliphatic rings. The van der Waals surface area contributed by atoms with Crippen LogP contribution in [0.4, 0.5) is 5.69 Å². The van der Waals surface area contributed by atoms with Crippen LogP contribution in [0.2, 0.25) is 5.02 Å². The van der Waals surface area contributed by atoms with Crippen LogP contribution in [-0.2, 0) is 4.74 Å². The molecule has 5 nitrogen and oxygen atoms in total. The third-order valence-electron chi connectivity index (χ3n) is 1.82. The van der Waals surface area contributed by atoms with Gasteiger partial charge in [-0.15, -0.1) is 0 Å². The minimum atomic E-state index is -1.20. The van der Waals surface area contributed by atoms with Crippen molar-refractivity contribution in [3.05, 3.63) is 28.3 Å². The van der Waals surface area contributed by atoms with Crippen molar-refractivity contribution in [2.75, 3.05) is 12.8 Å². The number of carbonyl (C=O) groups is 2. The Morgan fingerprint density at radius 3 is 2.40 bits per heavy atom. The number of rotatable bonds is 2. The van der Waals surface area contributed by atoms with E-state index in [2.05, 4.69) is 4.74 Å². The second kappa shape index (κ2) is 4.18. The minimum Gasteiger partial charge on any atom is -0.478 e. The molecule has 80 valence electrons. The Morgan fingerprint density at radius 2 is 1.93 bits per heavy atom. The number of methoxy groups -OCH3 is 1. The number of nitrogens with two attached hydrogens (primary N) is 1. The number of nitrogen functional groups attached to an aromatic ring is 1. The van der Waals surface area contributed by atoms with Crippen LogP contribution in [0.15, 0.2) is 12.1 Å². The summed E-state index contributed by atoms with van der Waals surface area (Å²) in [6.07, 6.45) is 0. The molecule has 0 aliphatic heterocycles. The summed E-state index contributed by atoms with van der Waals surface area (Å²) < 4.78 is 4.45. The highest BCUT2D eigenvalue weighted by Gasteiger charge is 2.18. The second-order valence-corrected chi connectivity index (χ2v) is 3.06. The van der Waals surface area contributed by atoms with Gasteiger partial charge in [-0.05, 0) is 12.1 Å². The molecule has 6 heteroatoms. The van der Waals surface area contributed by atoms with Gasteiger partial charge in [0.05, 0.1) is 28.9 Å². The minimum absolute atomic E-state index is 0.0432. The van der Waals surface area contributed by atoms with Crippen molar-refractivity contribution in [1.82, 2.24) is 0 Å².